The van der Waals surface area contributed by atoms with Crippen LogP contribution in [-0.2, 0) is 11.3 Å². The van der Waals surface area contributed by atoms with E-state index in [-0.39, 0.29) is 17.6 Å². The molecule has 0 unspecified atom stereocenters. The monoisotopic (exact) mass is 360 g/mol. The summed E-state index contributed by atoms with van der Waals surface area (Å²) in [6.07, 6.45) is 1.49. The van der Waals surface area contributed by atoms with Crippen molar-refractivity contribution in [3.8, 4) is 5.75 Å². The van der Waals surface area contributed by atoms with Crippen molar-refractivity contribution in [2.45, 2.75) is 26.0 Å². The van der Waals surface area contributed by atoms with E-state index in [9.17, 15) is 18.4 Å². The van der Waals surface area contributed by atoms with Crippen molar-refractivity contribution in [1.82, 2.24) is 4.90 Å². The summed E-state index contributed by atoms with van der Waals surface area (Å²) in [4.78, 5) is 25.7. The maximum atomic E-state index is 12.3. The molecule has 136 valence electrons. The second-order valence-electron chi connectivity index (χ2n) is 5.97. The van der Waals surface area contributed by atoms with E-state index in [4.69, 9.17) is 0 Å². The second-order valence-corrected chi connectivity index (χ2v) is 5.97. The van der Waals surface area contributed by atoms with Gasteiger partial charge in [-0.25, -0.2) is 0 Å². The van der Waals surface area contributed by atoms with Gasteiger partial charge in [-0.05, 0) is 48.4 Å². The van der Waals surface area contributed by atoms with Gasteiger partial charge in [0.2, 0.25) is 5.91 Å². The van der Waals surface area contributed by atoms with E-state index in [2.05, 4.69) is 10.1 Å². The van der Waals surface area contributed by atoms with Gasteiger partial charge in [-0.3, -0.25) is 9.59 Å². The molecule has 1 N–H and O–H groups in total. The van der Waals surface area contributed by atoms with Gasteiger partial charge in [0.1, 0.15) is 5.75 Å². The number of carbonyl (C=O) groups excluding carboxylic acids is 2. The van der Waals surface area contributed by atoms with Crippen LogP contribution in [0.1, 0.15) is 28.8 Å². The van der Waals surface area contributed by atoms with Crippen molar-refractivity contribution in [3.63, 3.8) is 0 Å². The first-order chi connectivity index (χ1) is 12.5. The highest BCUT2D eigenvalue weighted by Gasteiger charge is 2.20. The number of hydrogen-bond acceptors (Lipinski definition) is 3. The maximum Gasteiger partial charge on any atom is 0.387 e. The van der Waals surface area contributed by atoms with Gasteiger partial charge in [0.05, 0.1) is 0 Å². The number of likely N-dealkylation sites (tertiary alicyclic amines) is 1. The summed E-state index contributed by atoms with van der Waals surface area (Å²) in [5.41, 5.74) is 1.91. The van der Waals surface area contributed by atoms with E-state index in [1.165, 1.54) is 24.3 Å². The minimum atomic E-state index is -2.88. The molecule has 0 bridgehead atoms. The van der Waals surface area contributed by atoms with E-state index in [1.54, 1.807) is 17.0 Å². The summed E-state index contributed by atoms with van der Waals surface area (Å²) in [6, 6.07) is 12.7. The number of alkyl halides is 2. The number of anilines is 1. The number of hydrogen-bond donors (Lipinski definition) is 1. The molecule has 2 aromatic carbocycles. The molecule has 0 saturated carbocycles. The molecule has 0 radical (unpaired) electrons. The van der Waals surface area contributed by atoms with Gasteiger partial charge in [-0.1, -0.05) is 12.1 Å². The summed E-state index contributed by atoms with van der Waals surface area (Å²) in [5.74, 6) is -0.124. The van der Waals surface area contributed by atoms with Crippen LogP contribution >= 0.6 is 0 Å². The van der Waals surface area contributed by atoms with E-state index in [0.29, 0.717) is 24.2 Å². The van der Waals surface area contributed by atoms with Crippen LogP contribution in [0.15, 0.2) is 48.5 Å². The molecule has 26 heavy (non-hydrogen) atoms. The Kier molecular flexibility index (Phi) is 5.46. The average molecular weight is 360 g/mol. The third kappa shape index (κ3) is 4.56. The number of benzene rings is 2. The molecule has 0 aliphatic carbocycles. The molecule has 0 atom stereocenters. The first-order valence-electron chi connectivity index (χ1n) is 8.24. The third-order valence-electron chi connectivity index (χ3n) is 4.10. The topological polar surface area (TPSA) is 58.6 Å². The number of halogens is 2. The van der Waals surface area contributed by atoms with Gasteiger partial charge in [0.15, 0.2) is 0 Å². The van der Waals surface area contributed by atoms with Crippen molar-refractivity contribution in [2.24, 2.45) is 0 Å². The summed E-state index contributed by atoms with van der Waals surface area (Å²) < 4.78 is 28.5. The van der Waals surface area contributed by atoms with Gasteiger partial charge in [-0.2, -0.15) is 8.78 Å². The lowest BCUT2D eigenvalue weighted by molar-refractivity contribution is -0.128. The molecule has 5 nitrogen and oxygen atoms in total. The fraction of sp³-hybridized carbons (Fsp3) is 0.263. The third-order valence-corrected chi connectivity index (χ3v) is 4.10. The lowest BCUT2D eigenvalue weighted by atomic mass is 10.1. The standard InChI is InChI=1S/C19H18F2N2O3/c20-19(21)26-16-9-7-15(8-10-16)22-18(25)14-5-3-13(4-6-14)12-23-11-1-2-17(23)24/h3-10,19H,1-2,11-12H2,(H,22,25). The zero-order valence-corrected chi connectivity index (χ0v) is 14.0. The number of rotatable bonds is 6. The highest BCUT2D eigenvalue weighted by Crippen LogP contribution is 2.19. The van der Waals surface area contributed by atoms with Crippen molar-refractivity contribution in [1.29, 1.82) is 0 Å². The normalized spacial score (nSPS) is 14.0. The van der Waals surface area contributed by atoms with E-state index < -0.39 is 6.61 Å². The Bertz CT molecular complexity index is 776. The molecule has 3 rings (SSSR count). The molecule has 0 aromatic heterocycles. The van der Waals surface area contributed by atoms with Crippen LogP contribution in [0.2, 0.25) is 0 Å². The highest BCUT2D eigenvalue weighted by molar-refractivity contribution is 6.04. The van der Waals surface area contributed by atoms with Gasteiger partial charge in [0, 0.05) is 30.8 Å². The lowest BCUT2D eigenvalue weighted by Crippen LogP contribution is -2.23. The molecule has 7 heteroatoms. The molecule has 2 aromatic rings. The summed E-state index contributed by atoms with van der Waals surface area (Å²) in [6.45, 7) is -1.57. The lowest BCUT2D eigenvalue weighted by Gasteiger charge is -2.15. The van der Waals surface area contributed by atoms with E-state index in [1.807, 2.05) is 12.1 Å². The summed E-state index contributed by atoms with van der Waals surface area (Å²) >= 11 is 0. The average Bonchev–Trinajstić information content (AvgIpc) is 3.01. The Morgan fingerprint density at radius 2 is 1.81 bits per heavy atom. The molecule has 1 saturated heterocycles. The van der Waals surface area contributed by atoms with Gasteiger partial charge in [-0.15, -0.1) is 0 Å². The van der Waals surface area contributed by atoms with E-state index >= 15 is 0 Å². The van der Waals surface area contributed by atoms with Gasteiger partial charge < -0.3 is 15.0 Å². The Morgan fingerprint density at radius 3 is 2.38 bits per heavy atom. The Morgan fingerprint density at radius 1 is 1.12 bits per heavy atom. The fourth-order valence-corrected chi connectivity index (χ4v) is 2.78. The van der Waals surface area contributed by atoms with Crippen LogP contribution < -0.4 is 10.1 Å². The van der Waals surface area contributed by atoms with Crippen LogP contribution in [0, 0.1) is 0 Å². The minimum Gasteiger partial charge on any atom is -0.435 e. The number of ether oxygens (including phenoxy) is 1. The molecule has 1 aliphatic heterocycles. The molecule has 2 amide bonds. The Hall–Kier alpha value is -2.96. The minimum absolute atomic E-state index is 0.0267. The quantitative estimate of drug-likeness (QED) is 0.855. The van der Waals surface area contributed by atoms with Crippen LogP contribution in [0.3, 0.4) is 0 Å². The first kappa shape index (κ1) is 17.8. The first-order valence-corrected chi connectivity index (χ1v) is 8.24. The van der Waals surface area contributed by atoms with Gasteiger partial charge in [0.25, 0.3) is 5.91 Å². The predicted molar refractivity (Wildman–Crippen MR) is 92.1 cm³/mol. The Labute approximate surface area is 149 Å². The summed E-state index contributed by atoms with van der Waals surface area (Å²) in [7, 11) is 0. The molecule has 1 aliphatic rings. The van der Waals surface area contributed by atoms with E-state index in [0.717, 1.165) is 18.5 Å². The highest BCUT2D eigenvalue weighted by atomic mass is 19.3. The SMILES string of the molecule is O=C(Nc1ccc(OC(F)F)cc1)c1ccc(CN2CCCC2=O)cc1. The predicted octanol–water partition coefficient (Wildman–Crippen LogP) is 3.66. The number of amides is 2. The van der Waals surface area contributed by atoms with Gasteiger partial charge >= 0.3 is 6.61 Å². The molecular formula is C19H18F2N2O3. The van der Waals surface area contributed by atoms with Crippen molar-refractivity contribution in [2.75, 3.05) is 11.9 Å². The molecule has 1 fully saturated rings. The fourth-order valence-electron chi connectivity index (χ4n) is 2.78. The number of nitrogens with one attached hydrogen (secondary N) is 1. The van der Waals surface area contributed by atoms with Crippen molar-refractivity contribution < 1.29 is 23.1 Å². The van der Waals surface area contributed by atoms with Crippen LogP contribution in [0.25, 0.3) is 0 Å². The second kappa shape index (κ2) is 7.95. The van der Waals surface area contributed by atoms with Crippen LogP contribution in [0.5, 0.6) is 5.75 Å². The van der Waals surface area contributed by atoms with Crippen LogP contribution in [-0.4, -0.2) is 29.9 Å². The molecular weight excluding hydrogens is 342 g/mol. The largest absolute Gasteiger partial charge is 0.435 e. The van der Waals surface area contributed by atoms with Crippen molar-refractivity contribution >= 4 is 17.5 Å². The van der Waals surface area contributed by atoms with Crippen molar-refractivity contribution in [3.05, 3.63) is 59.7 Å². The van der Waals surface area contributed by atoms with Crippen LogP contribution in [0.4, 0.5) is 14.5 Å². The zero-order chi connectivity index (χ0) is 18.5. The summed E-state index contributed by atoms with van der Waals surface area (Å²) in [5, 5.41) is 2.69. The Balaban J connectivity index is 1.58. The smallest absolute Gasteiger partial charge is 0.387 e. The number of nitrogens with zero attached hydrogens (tertiary/aromatic N) is 1. The maximum absolute atomic E-state index is 12.3. The molecule has 0 spiro atoms. The zero-order valence-electron chi connectivity index (χ0n) is 14.0. The number of carbonyl (C=O) groups is 2. The molecule has 1 heterocycles.